The molecule has 1 unspecified atom stereocenters. The molecule has 0 aromatic heterocycles. The van der Waals surface area contributed by atoms with Gasteiger partial charge >= 0.3 is 0 Å². The van der Waals surface area contributed by atoms with Crippen LogP contribution < -0.4 is 21.3 Å². The van der Waals surface area contributed by atoms with E-state index in [2.05, 4.69) is 32.6 Å². The molecule has 164 valence electrons. The number of nitrogens with two attached hydrogens (primary N) is 1. The Morgan fingerprint density at radius 1 is 0.933 bits per heavy atom. The number of carbonyl (C=O) groups excluding carboxylic acids is 2. The first-order valence-electron chi connectivity index (χ1n) is 11.5. The van der Waals surface area contributed by atoms with Gasteiger partial charge in [0.15, 0.2) is 0 Å². The highest BCUT2D eigenvalue weighted by atomic mass is 16.2. The Hall–Kier alpha value is -2.12. The van der Waals surface area contributed by atoms with Gasteiger partial charge in [0, 0.05) is 37.4 Å². The molecule has 1 atom stereocenters. The predicted molar refractivity (Wildman–Crippen MR) is 119 cm³/mol. The Kier molecular flexibility index (Phi) is 6.89. The number of anilines is 2. The maximum atomic E-state index is 11.9. The fraction of sp³-hybridized carbons (Fsp3) is 0.652. The molecule has 1 aromatic rings. The van der Waals surface area contributed by atoms with Crippen LogP contribution in [0.4, 0.5) is 11.4 Å². The van der Waals surface area contributed by atoms with Crippen molar-refractivity contribution in [2.24, 2.45) is 17.6 Å². The van der Waals surface area contributed by atoms with Crippen molar-refractivity contribution in [3.05, 3.63) is 24.3 Å². The number of nitrogens with zero attached hydrogens (tertiary/aromatic N) is 2. The van der Waals surface area contributed by atoms with Gasteiger partial charge in [-0.05, 0) is 87.8 Å². The molecule has 0 saturated carbocycles. The van der Waals surface area contributed by atoms with Crippen LogP contribution in [0.5, 0.6) is 0 Å². The van der Waals surface area contributed by atoms with Crippen LogP contribution in [0.2, 0.25) is 0 Å². The SMILES string of the molecule is NCC1CCN(CC2CCN(c3ccc(NC4CCC(=O)NC4=O)cc3)CC2)CC1. The highest BCUT2D eigenvalue weighted by molar-refractivity contribution is 6.01. The van der Waals surface area contributed by atoms with E-state index in [1.165, 1.54) is 51.0 Å². The topological polar surface area (TPSA) is 90.7 Å². The second kappa shape index (κ2) is 9.79. The highest BCUT2D eigenvalue weighted by Crippen LogP contribution is 2.27. The van der Waals surface area contributed by atoms with Gasteiger partial charge in [0.25, 0.3) is 0 Å². The summed E-state index contributed by atoms with van der Waals surface area (Å²) in [6, 6.07) is 8.00. The van der Waals surface area contributed by atoms with Crippen molar-refractivity contribution in [2.45, 2.75) is 44.6 Å². The second-order valence-electron chi connectivity index (χ2n) is 9.11. The molecule has 3 saturated heterocycles. The Labute approximate surface area is 179 Å². The predicted octanol–water partition coefficient (Wildman–Crippen LogP) is 1.79. The highest BCUT2D eigenvalue weighted by Gasteiger charge is 2.27. The Morgan fingerprint density at radius 2 is 1.60 bits per heavy atom. The fourth-order valence-electron chi connectivity index (χ4n) is 4.94. The van der Waals surface area contributed by atoms with Crippen LogP contribution >= 0.6 is 0 Å². The van der Waals surface area contributed by atoms with Crippen molar-refractivity contribution in [3.63, 3.8) is 0 Å². The summed E-state index contributed by atoms with van der Waals surface area (Å²) in [6.45, 7) is 6.70. The summed E-state index contributed by atoms with van der Waals surface area (Å²) in [6.07, 6.45) is 5.94. The van der Waals surface area contributed by atoms with Gasteiger partial charge < -0.3 is 20.9 Å². The van der Waals surface area contributed by atoms with Gasteiger partial charge in [-0.25, -0.2) is 0 Å². The Balaban J connectivity index is 1.22. The molecule has 1 aromatic carbocycles. The van der Waals surface area contributed by atoms with E-state index in [-0.39, 0.29) is 17.9 Å². The van der Waals surface area contributed by atoms with Crippen LogP contribution in [-0.2, 0) is 9.59 Å². The minimum atomic E-state index is -0.334. The molecule has 3 aliphatic heterocycles. The summed E-state index contributed by atoms with van der Waals surface area (Å²) in [5.74, 6) is 1.11. The molecule has 7 heteroatoms. The first kappa shape index (κ1) is 21.1. The molecule has 4 N–H and O–H groups in total. The van der Waals surface area contributed by atoms with Gasteiger partial charge in [-0.1, -0.05) is 0 Å². The average molecular weight is 414 g/mol. The van der Waals surface area contributed by atoms with Gasteiger partial charge in [0.2, 0.25) is 11.8 Å². The van der Waals surface area contributed by atoms with Crippen LogP contribution in [-0.4, -0.2) is 62.0 Å². The van der Waals surface area contributed by atoms with E-state index >= 15 is 0 Å². The van der Waals surface area contributed by atoms with Crippen molar-refractivity contribution < 1.29 is 9.59 Å². The molecule has 3 aliphatic rings. The number of piperidine rings is 3. The number of hydrogen-bond acceptors (Lipinski definition) is 6. The lowest BCUT2D eigenvalue weighted by Crippen LogP contribution is -2.47. The lowest BCUT2D eigenvalue weighted by Gasteiger charge is -2.38. The maximum Gasteiger partial charge on any atom is 0.249 e. The average Bonchev–Trinajstić information content (AvgIpc) is 2.77. The van der Waals surface area contributed by atoms with Crippen LogP contribution in [0, 0.1) is 11.8 Å². The van der Waals surface area contributed by atoms with Gasteiger partial charge in [-0.2, -0.15) is 0 Å². The summed E-state index contributed by atoms with van der Waals surface area (Å²) in [4.78, 5) is 28.3. The van der Waals surface area contributed by atoms with Gasteiger partial charge in [-0.15, -0.1) is 0 Å². The number of nitrogens with one attached hydrogen (secondary N) is 2. The largest absolute Gasteiger partial charge is 0.374 e. The molecule has 3 fully saturated rings. The van der Waals surface area contributed by atoms with E-state index in [0.29, 0.717) is 12.8 Å². The smallest absolute Gasteiger partial charge is 0.249 e. The van der Waals surface area contributed by atoms with Crippen LogP contribution in [0.3, 0.4) is 0 Å². The standard InChI is InChI=1S/C23H35N5O2/c24-15-17-7-11-27(12-8-17)16-18-9-13-28(14-10-18)20-3-1-19(2-4-20)25-21-5-6-22(29)26-23(21)30/h1-4,17-18,21,25H,5-16,24H2,(H,26,29,30). The third kappa shape index (κ3) is 5.32. The Morgan fingerprint density at radius 3 is 2.23 bits per heavy atom. The van der Waals surface area contributed by atoms with E-state index in [0.717, 1.165) is 37.2 Å². The molecule has 0 spiro atoms. The molecular weight excluding hydrogens is 378 g/mol. The summed E-state index contributed by atoms with van der Waals surface area (Å²) in [5.41, 5.74) is 7.97. The van der Waals surface area contributed by atoms with Crippen molar-refractivity contribution in [2.75, 3.05) is 49.5 Å². The van der Waals surface area contributed by atoms with E-state index in [4.69, 9.17) is 5.73 Å². The third-order valence-electron chi connectivity index (χ3n) is 6.98. The zero-order valence-corrected chi connectivity index (χ0v) is 17.8. The molecule has 0 aliphatic carbocycles. The minimum Gasteiger partial charge on any atom is -0.374 e. The van der Waals surface area contributed by atoms with Gasteiger partial charge in [0.05, 0.1) is 0 Å². The molecule has 7 nitrogen and oxygen atoms in total. The maximum absolute atomic E-state index is 11.9. The second-order valence-corrected chi connectivity index (χ2v) is 9.11. The number of likely N-dealkylation sites (tertiary alicyclic amines) is 1. The molecular formula is C23H35N5O2. The summed E-state index contributed by atoms with van der Waals surface area (Å²) >= 11 is 0. The zero-order valence-electron chi connectivity index (χ0n) is 17.8. The van der Waals surface area contributed by atoms with Crippen LogP contribution in [0.15, 0.2) is 24.3 Å². The van der Waals surface area contributed by atoms with Gasteiger partial charge in [0.1, 0.15) is 6.04 Å². The van der Waals surface area contributed by atoms with Crippen LogP contribution in [0.25, 0.3) is 0 Å². The number of hydrogen-bond donors (Lipinski definition) is 3. The van der Waals surface area contributed by atoms with Crippen LogP contribution in [0.1, 0.15) is 38.5 Å². The van der Waals surface area contributed by atoms with Crippen molar-refractivity contribution in [1.29, 1.82) is 0 Å². The summed E-state index contributed by atoms with van der Waals surface area (Å²) in [7, 11) is 0. The lowest BCUT2D eigenvalue weighted by atomic mass is 9.92. The molecule has 4 rings (SSSR count). The van der Waals surface area contributed by atoms with E-state index in [1.54, 1.807) is 0 Å². The van der Waals surface area contributed by atoms with E-state index < -0.39 is 0 Å². The van der Waals surface area contributed by atoms with Crippen molar-refractivity contribution in [3.8, 4) is 0 Å². The number of amides is 2. The number of rotatable bonds is 6. The lowest BCUT2D eigenvalue weighted by molar-refractivity contribution is -0.133. The minimum absolute atomic E-state index is 0.183. The molecule has 0 radical (unpaired) electrons. The van der Waals surface area contributed by atoms with Gasteiger partial charge in [-0.3, -0.25) is 14.9 Å². The number of carbonyl (C=O) groups is 2. The zero-order chi connectivity index (χ0) is 20.9. The first-order valence-corrected chi connectivity index (χ1v) is 11.5. The first-order chi connectivity index (χ1) is 14.6. The fourth-order valence-corrected chi connectivity index (χ4v) is 4.94. The number of benzene rings is 1. The molecule has 30 heavy (non-hydrogen) atoms. The van der Waals surface area contributed by atoms with E-state index in [1.807, 2.05) is 12.1 Å². The third-order valence-corrected chi connectivity index (χ3v) is 6.98. The quantitative estimate of drug-likeness (QED) is 0.616. The Bertz CT molecular complexity index is 722. The molecule has 3 heterocycles. The van der Waals surface area contributed by atoms with Crippen molar-refractivity contribution in [1.82, 2.24) is 10.2 Å². The normalized spacial score (nSPS) is 24.7. The molecule has 0 bridgehead atoms. The summed E-state index contributed by atoms with van der Waals surface area (Å²) in [5, 5.41) is 5.64. The summed E-state index contributed by atoms with van der Waals surface area (Å²) < 4.78 is 0. The van der Waals surface area contributed by atoms with E-state index in [9.17, 15) is 9.59 Å². The molecule has 2 amide bonds. The monoisotopic (exact) mass is 413 g/mol. The van der Waals surface area contributed by atoms with Crippen molar-refractivity contribution >= 4 is 23.2 Å². The number of imide groups is 1.